The Kier molecular flexibility index (Phi) is 2.68. The molecule has 1 aromatic heterocycles. The lowest BCUT2D eigenvalue weighted by Gasteiger charge is -2.04. The van der Waals surface area contributed by atoms with Gasteiger partial charge in [-0.3, -0.25) is 14.3 Å². The van der Waals surface area contributed by atoms with E-state index >= 15 is 0 Å². The maximum absolute atomic E-state index is 11.1. The standard InChI is InChI=1S/C7H6BrN3O2/c1-11-4(2-3-9)5(8)6(12)10-7(11)13/h2H2,1H3,(H,10,12,13). The van der Waals surface area contributed by atoms with E-state index in [1.165, 1.54) is 11.6 Å². The Hall–Kier alpha value is -1.35. The second kappa shape index (κ2) is 3.58. The molecule has 68 valence electrons. The van der Waals surface area contributed by atoms with Gasteiger partial charge in [-0.05, 0) is 15.9 Å². The van der Waals surface area contributed by atoms with E-state index in [2.05, 4.69) is 20.9 Å². The van der Waals surface area contributed by atoms with E-state index < -0.39 is 11.2 Å². The highest BCUT2D eigenvalue weighted by Crippen LogP contribution is 2.08. The molecule has 1 rings (SSSR count). The number of nitrogens with one attached hydrogen (secondary N) is 1. The molecule has 13 heavy (non-hydrogen) atoms. The van der Waals surface area contributed by atoms with Crippen LogP contribution in [0.5, 0.6) is 0 Å². The van der Waals surface area contributed by atoms with Crippen LogP contribution >= 0.6 is 15.9 Å². The highest BCUT2D eigenvalue weighted by Gasteiger charge is 2.08. The highest BCUT2D eigenvalue weighted by atomic mass is 79.9. The molecule has 0 aliphatic carbocycles. The lowest BCUT2D eigenvalue weighted by Crippen LogP contribution is -2.31. The quantitative estimate of drug-likeness (QED) is 0.749. The van der Waals surface area contributed by atoms with E-state index in [0.717, 1.165) is 0 Å². The van der Waals surface area contributed by atoms with Crippen LogP contribution in [0.1, 0.15) is 5.69 Å². The number of halogens is 1. The Bertz CT molecular complexity index is 446. The van der Waals surface area contributed by atoms with Gasteiger partial charge < -0.3 is 0 Å². The first-order chi connectivity index (χ1) is 6.07. The Morgan fingerprint density at radius 2 is 2.23 bits per heavy atom. The third-order valence-corrected chi connectivity index (χ3v) is 2.45. The van der Waals surface area contributed by atoms with Crippen LogP contribution in [0, 0.1) is 11.3 Å². The normalized spacial score (nSPS) is 9.62. The van der Waals surface area contributed by atoms with Crippen LogP contribution < -0.4 is 11.2 Å². The zero-order valence-corrected chi connectivity index (χ0v) is 8.38. The monoisotopic (exact) mass is 243 g/mol. The molecule has 0 saturated carbocycles. The zero-order chi connectivity index (χ0) is 10.0. The molecule has 1 aromatic rings. The van der Waals surface area contributed by atoms with E-state index in [9.17, 15) is 9.59 Å². The van der Waals surface area contributed by atoms with Crippen molar-refractivity contribution < 1.29 is 0 Å². The van der Waals surface area contributed by atoms with Gasteiger partial charge in [0, 0.05) is 7.05 Å². The second-order valence-corrected chi connectivity index (χ2v) is 3.21. The van der Waals surface area contributed by atoms with Crippen molar-refractivity contribution in [2.45, 2.75) is 6.42 Å². The summed E-state index contributed by atoms with van der Waals surface area (Å²) in [7, 11) is 1.50. The summed E-state index contributed by atoms with van der Waals surface area (Å²) in [6, 6.07) is 1.88. The molecule has 0 atom stereocenters. The fourth-order valence-corrected chi connectivity index (χ4v) is 1.41. The summed E-state index contributed by atoms with van der Waals surface area (Å²) in [5.41, 5.74) is -0.636. The third kappa shape index (κ3) is 1.70. The topological polar surface area (TPSA) is 78.7 Å². The Morgan fingerprint density at radius 3 is 2.77 bits per heavy atom. The average Bonchev–Trinajstić information content (AvgIpc) is 2.09. The molecule has 0 aromatic carbocycles. The number of hydrogen-bond donors (Lipinski definition) is 1. The minimum atomic E-state index is -0.515. The molecular formula is C7H6BrN3O2. The fraction of sp³-hybridized carbons (Fsp3) is 0.286. The van der Waals surface area contributed by atoms with Crippen LogP contribution in [0.4, 0.5) is 0 Å². The molecule has 1 N–H and O–H groups in total. The minimum Gasteiger partial charge on any atom is -0.299 e. The van der Waals surface area contributed by atoms with E-state index in [0.29, 0.717) is 5.69 Å². The Morgan fingerprint density at radius 1 is 1.62 bits per heavy atom. The fourth-order valence-electron chi connectivity index (χ4n) is 0.908. The Labute approximate surface area is 81.8 Å². The van der Waals surface area contributed by atoms with Crippen molar-refractivity contribution >= 4 is 15.9 Å². The molecule has 0 fully saturated rings. The maximum Gasteiger partial charge on any atom is 0.328 e. The Balaban J connectivity index is 3.58. The summed E-state index contributed by atoms with van der Waals surface area (Å²) in [6.07, 6.45) is 0.0241. The summed E-state index contributed by atoms with van der Waals surface area (Å²) in [6.45, 7) is 0. The molecular weight excluding hydrogens is 238 g/mol. The summed E-state index contributed by atoms with van der Waals surface area (Å²) < 4.78 is 1.46. The summed E-state index contributed by atoms with van der Waals surface area (Å²) in [5, 5.41) is 8.45. The lowest BCUT2D eigenvalue weighted by molar-refractivity contribution is 0.743. The highest BCUT2D eigenvalue weighted by molar-refractivity contribution is 9.10. The van der Waals surface area contributed by atoms with E-state index in [4.69, 9.17) is 5.26 Å². The number of H-pyrrole nitrogens is 1. The van der Waals surface area contributed by atoms with Crippen LogP contribution in [0.2, 0.25) is 0 Å². The smallest absolute Gasteiger partial charge is 0.299 e. The first-order valence-electron chi connectivity index (χ1n) is 3.42. The zero-order valence-electron chi connectivity index (χ0n) is 6.80. The van der Waals surface area contributed by atoms with Crippen molar-refractivity contribution in [2.75, 3.05) is 0 Å². The molecule has 0 spiro atoms. The third-order valence-electron chi connectivity index (χ3n) is 1.63. The molecule has 6 heteroatoms. The van der Waals surface area contributed by atoms with Gasteiger partial charge in [0.15, 0.2) is 0 Å². The summed E-state index contributed by atoms with van der Waals surface area (Å²) >= 11 is 3.01. The van der Waals surface area contributed by atoms with Gasteiger partial charge in [0.25, 0.3) is 5.56 Å². The number of aromatic amines is 1. The van der Waals surface area contributed by atoms with Gasteiger partial charge >= 0.3 is 5.69 Å². The van der Waals surface area contributed by atoms with Gasteiger partial charge in [-0.1, -0.05) is 0 Å². The predicted molar refractivity (Wildman–Crippen MR) is 49.3 cm³/mol. The van der Waals surface area contributed by atoms with Crippen LogP contribution in [0.3, 0.4) is 0 Å². The lowest BCUT2D eigenvalue weighted by atomic mass is 10.3. The van der Waals surface area contributed by atoms with E-state index in [-0.39, 0.29) is 10.9 Å². The van der Waals surface area contributed by atoms with Crippen molar-refractivity contribution in [2.24, 2.45) is 7.05 Å². The SMILES string of the molecule is Cn1c(CC#N)c(Br)c(=O)[nH]c1=O. The van der Waals surface area contributed by atoms with Crippen LogP contribution in [0.25, 0.3) is 0 Å². The van der Waals surface area contributed by atoms with Crippen LogP contribution in [0.15, 0.2) is 14.1 Å². The van der Waals surface area contributed by atoms with Gasteiger partial charge in [-0.15, -0.1) is 0 Å². The van der Waals surface area contributed by atoms with Crippen molar-refractivity contribution in [3.05, 3.63) is 31.0 Å². The van der Waals surface area contributed by atoms with Gasteiger partial charge in [0.05, 0.1) is 18.2 Å². The molecule has 0 bridgehead atoms. The molecule has 0 saturated heterocycles. The van der Waals surface area contributed by atoms with Crippen molar-refractivity contribution in [1.29, 1.82) is 5.26 Å². The van der Waals surface area contributed by atoms with Gasteiger partial charge in [0.1, 0.15) is 4.47 Å². The number of nitriles is 1. The largest absolute Gasteiger partial charge is 0.328 e. The second-order valence-electron chi connectivity index (χ2n) is 2.41. The predicted octanol–water partition coefficient (Wildman–Crippen LogP) is -0.0978. The van der Waals surface area contributed by atoms with Crippen molar-refractivity contribution in [3.8, 4) is 6.07 Å². The van der Waals surface area contributed by atoms with Crippen LogP contribution in [-0.2, 0) is 13.5 Å². The van der Waals surface area contributed by atoms with Crippen molar-refractivity contribution in [1.82, 2.24) is 9.55 Å². The molecule has 0 radical (unpaired) electrons. The number of rotatable bonds is 1. The van der Waals surface area contributed by atoms with E-state index in [1.54, 1.807) is 0 Å². The van der Waals surface area contributed by atoms with Gasteiger partial charge in [0.2, 0.25) is 0 Å². The van der Waals surface area contributed by atoms with Crippen LogP contribution in [-0.4, -0.2) is 9.55 Å². The minimum absolute atomic E-state index is 0.0241. The number of nitrogens with zero attached hydrogens (tertiary/aromatic N) is 2. The maximum atomic E-state index is 11.1. The van der Waals surface area contributed by atoms with Crippen molar-refractivity contribution in [3.63, 3.8) is 0 Å². The molecule has 1 heterocycles. The number of aromatic nitrogens is 2. The van der Waals surface area contributed by atoms with Gasteiger partial charge in [-0.2, -0.15) is 5.26 Å². The van der Waals surface area contributed by atoms with E-state index in [1.807, 2.05) is 6.07 Å². The summed E-state index contributed by atoms with van der Waals surface area (Å²) in [5.74, 6) is 0. The molecule has 0 amide bonds. The molecule has 0 aliphatic rings. The average molecular weight is 244 g/mol. The van der Waals surface area contributed by atoms with Gasteiger partial charge in [-0.25, -0.2) is 4.79 Å². The summed E-state index contributed by atoms with van der Waals surface area (Å²) in [4.78, 5) is 24.2. The number of hydrogen-bond acceptors (Lipinski definition) is 3. The first-order valence-corrected chi connectivity index (χ1v) is 4.22. The first kappa shape index (κ1) is 9.74. The molecule has 0 aliphatic heterocycles. The molecule has 5 nitrogen and oxygen atoms in total. The molecule has 0 unspecified atom stereocenters.